The van der Waals surface area contributed by atoms with Gasteiger partial charge in [-0.05, 0) is 24.2 Å². The minimum Gasteiger partial charge on any atom is -0.360 e. The molecule has 0 fully saturated rings. The van der Waals surface area contributed by atoms with Crippen LogP contribution >= 0.6 is 15.9 Å². The smallest absolute Gasteiger partial charge is 0.139 e. The van der Waals surface area contributed by atoms with Crippen molar-refractivity contribution in [1.29, 1.82) is 0 Å². The Hall–Kier alpha value is -1.35. The predicted molar refractivity (Wildman–Crippen MR) is 96.5 cm³/mol. The van der Waals surface area contributed by atoms with Gasteiger partial charge in [0.1, 0.15) is 6.73 Å². The van der Waals surface area contributed by atoms with Crippen LogP contribution in [0.5, 0.6) is 0 Å². The summed E-state index contributed by atoms with van der Waals surface area (Å²) in [7, 11) is -1.03. The standard InChI is InChI=1S/C17H21BrN2OSi/c1-22(2,3)10-9-21-14-20-13-16(12-19-20)8-7-15-5-4-6-17(18)11-15/h4-6,11-13H,9-10,14H2,1-3H3. The van der Waals surface area contributed by atoms with Crippen molar-refractivity contribution in [2.45, 2.75) is 32.4 Å². The molecule has 0 saturated carbocycles. The highest BCUT2D eigenvalue weighted by Crippen LogP contribution is 2.11. The predicted octanol–water partition coefficient (Wildman–Crippen LogP) is 4.36. The Bertz CT molecular complexity index is 680. The van der Waals surface area contributed by atoms with Crippen molar-refractivity contribution >= 4 is 24.0 Å². The molecule has 0 amide bonds. The highest BCUT2D eigenvalue weighted by atomic mass is 79.9. The molecule has 0 aliphatic carbocycles. The lowest BCUT2D eigenvalue weighted by Crippen LogP contribution is -2.22. The topological polar surface area (TPSA) is 27.1 Å². The first kappa shape index (κ1) is 17.0. The Labute approximate surface area is 141 Å². The molecule has 0 aliphatic heterocycles. The Morgan fingerprint density at radius 1 is 1.23 bits per heavy atom. The molecule has 0 atom stereocenters. The normalized spacial score (nSPS) is 11.1. The van der Waals surface area contributed by atoms with Crippen LogP contribution < -0.4 is 0 Å². The van der Waals surface area contributed by atoms with Gasteiger partial charge >= 0.3 is 0 Å². The summed E-state index contributed by atoms with van der Waals surface area (Å²) in [4.78, 5) is 0. The van der Waals surface area contributed by atoms with E-state index in [9.17, 15) is 0 Å². The fourth-order valence-corrected chi connectivity index (χ4v) is 2.90. The lowest BCUT2D eigenvalue weighted by Gasteiger charge is -2.15. The van der Waals surface area contributed by atoms with E-state index in [2.05, 4.69) is 52.5 Å². The number of aromatic nitrogens is 2. The van der Waals surface area contributed by atoms with Crippen molar-refractivity contribution in [3.05, 3.63) is 52.3 Å². The Morgan fingerprint density at radius 3 is 2.73 bits per heavy atom. The molecule has 0 bridgehead atoms. The molecule has 2 aromatic rings. The van der Waals surface area contributed by atoms with E-state index in [1.54, 1.807) is 10.9 Å². The number of rotatable bonds is 5. The van der Waals surface area contributed by atoms with Crippen LogP contribution in [0.25, 0.3) is 0 Å². The van der Waals surface area contributed by atoms with E-state index in [1.165, 1.54) is 6.04 Å². The van der Waals surface area contributed by atoms with Gasteiger partial charge in [-0.15, -0.1) is 0 Å². The fraction of sp³-hybridized carbons (Fsp3) is 0.353. The molecule has 22 heavy (non-hydrogen) atoms. The second-order valence-corrected chi connectivity index (χ2v) is 12.9. The Kier molecular flexibility index (Phi) is 6.01. The summed E-state index contributed by atoms with van der Waals surface area (Å²) in [6.07, 6.45) is 3.69. The summed E-state index contributed by atoms with van der Waals surface area (Å²) in [6.45, 7) is 8.33. The van der Waals surface area contributed by atoms with Crippen molar-refractivity contribution in [3.63, 3.8) is 0 Å². The first-order valence-corrected chi connectivity index (χ1v) is 11.8. The molecule has 0 unspecified atom stereocenters. The van der Waals surface area contributed by atoms with Gasteiger partial charge in [-0.2, -0.15) is 5.10 Å². The number of hydrogen-bond donors (Lipinski definition) is 0. The van der Waals surface area contributed by atoms with Gasteiger partial charge in [-0.3, -0.25) is 0 Å². The van der Waals surface area contributed by atoms with Crippen molar-refractivity contribution in [3.8, 4) is 11.8 Å². The molecule has 0 radical (unpaired) electrons. The molecule has 1 heterocycles. The molecule has 116 valence electrons. The van der Waals surface area contributed by atoms with Gasteiger partial charge in [0.2, 0.25) is 0 Å². The molecule has 2 rings (SSSR count). The van der Waals surface area contributed by atoms with Gasteiger partial charge in [0.25, 0.3) is 0 Å². The van der Waals surface area contributed by atoms with E-state index in [0.717, 1.165) is 22.2 Å². The van der Waals surface area contributed by atoms with Gasteiger partial charge in [0.15, 0.2) is 0 Å². The van der Waals surface area contributed by atoms with E-state index in [4.69, 9.17) is 4.74 Å². The molecule has 3 nitrogen and oxygen atoms in total. The maximum atomic E-state index is 5.67. The minimum absolute atomic E-state index is 0.489. The Morgan fingerprint density at radius 2 is 2.00 bits per heavy atom. The largest absolute Gasteiger partial charge is 0.360 e. The molecule has 5 heteroatoms. The third-order valence-corrected chi connectivity index (χ3v) is 5.23. The molecule has 1 aromatic carbocycles. The van der Waals surface area contributed by atoms with E-state index in [0.29, 0.717) is 6.73 Å². The van der Waals surface area contributed by atoms with E-state index in [-0.39, 0.29) is 0 Å². The number of ether oxygens (including phenoxy) is 1. The zero-order valence-electron chi connectivity index (χ0n) is 13.3. The average Bonchev–Trinajstić information content (AvgIpc) is 2.88. The maximum absolute atomic E-state index is 5.67. The first-order chi connectivity index (χ1) is 10.4. The quantitative estimate of drug-likeness (QED) is 0.440. The number of benzene rings is 1. The molecular weight excluding hydrogens is 356 g/mol. The van der Waals surface area contributed by atoms with Crippen LogP contribution in [0.3, 0.4) is 0 Å². The summed E-state index contributed by atoms with van der Waals surface area (Å²) in [6, 6.07) is 9.12. The first-order valence-electron chi connectivity index (χ1n) is 7.30. The van der Waals surface area contributed by atoms with E-state index < -0.39 is 8.07 Å². The summed E-state index contributed by atoms with van der Waals surface area (Å²) in [5, 5.41) is 4.27. The van der Waals surface area contributed by atoms with Gasteiger partial charge in [0.05, 0.1) is 11.8 Å². The lowest BCUT2D eigenvalue weighted by atomic mass is 10.2. The van der Waals surface area contributed by atoms with Crippen molar-refractivity contribution in [2.75, 3.05) is 6.61 Å². The lowest BCUT2D eigenvalue weighted by molar-refractivity contribution is 0.0786. The zero-order chi connectivity index (χ0) is 16.0. The zero-order valence-corrected chi connectivity index (χ0v) is 15.9. The molecule has 1 aromatic heterocycles. The summed E-state index contributed by atoms with van der Waals surface area (Å²) >= 11 is 3.44. The van der Waals surface area contributed by atoms with Crippen LogP contribution in [0, 0.1) is 11.8 Å². The number of halogens is 1. The van der Waals surface area contributed by atoms with E-state index in [1.807, 2.05) is 30.5 Å². The summed E-state index contributed by atoms with van der Waals surface area (Å²) < 4.78 is 8.49. The van der Waals surface area contributed by atoms with Crippen LogP contribution in [-0.2, 0) is 11.5 Å². The van der Waals surface area contributed by atoms with Gasteiger partial charge in [-0.25, -0.2) is 4.68 Å². The molecule has 0 saturated heterocycles. The minimum atomic E-state index is -1.03. The van der Waals surface area contributed by atoms with Gasteiger partial charge in [-0.1, -0.05) is 53.5 Å². The highest BCUT2D eigenvalue weighted by Gasteiger charge is 2.11. The van der Waals surface area contributed by atoms with Gasteiger partial charge in [0, 0.05) is 30.9 Å². The van der Waals surface area contributed by atoms with Crippen molar-refractivity contribution < 1.29 is 4.74 Å². The van der Waals surface area contributed by atoms with E-state index >= 15 is 0 Å². The molecule has 0 aliphatic rings. The monoisotopic (exact) mass is 376 g/mol. The van der Waals surface area contributed by atoms with Gasteiger partial charge < -0.3 is 4.74 Å². The highest BCUT2D eigenvalue weighted by molar-refractivity contribution is 9.10. The molecule has 0 spiro atoms. The second kappa shape index (κ2) is 7.77. The van der Waals surface area contributed by atoms with Crippen LogP contribution in [0.4, 0.5) is 0 Å². The SMILES string of the molecule is C[Si](C)(C)CCOCn1cc(C#Cc2cccc(Br)c2)cn1. The maximum Gasteiger partial charge on any atom is 0.139 e. The van der Waals surface area contributed by atoms with Crippen molar-refractivity contribution in [1.82, 2.24) is 9.78 Å². The van der Waals surface area contributed by atoms with Crippen molar-refractivity contribution in [2.24, 2.45) is 0 Å². The number of nitrogens with zero attached hydrogens (tertiary/aromatic N) is 2. The van der Waals surface area contributed by atoms with Crippen LogP contribution in [0.15, 0.2) is 41.1 Å². The second-order valence-electron chi connectivity index (χ2n) is 6.38. The molecule has 0 N–H and O–H groups in total. The van der Waals surface area contributed by atoms with Crippen LogP contribution in [0.1, 0.15) is 11.1 Å². The average molecular weight is 377 g/mol. The summed E-state index contributed by atoms with van der Waals surface area (Å²) in [5.41, 5.74) is 1.88. The van der Waals surface area contributed by atoms with Crippen LogP contribution in [0.2, 0.25) is 25.7 Å². The fourth-order valence-electron chi connectivity index (χ4n) is 1.75. The third-order valence-electron chi connectivity index (χ3n) is 3.03. The summed E-state index contributed by atoms with van der Waals surface area (Å²) in [5.74, 6) is 6.25. The third kappa shape index (κ3) is 6.18. The number of hydrogen-bond acceptors (Lipinski definition) is 2. The van der Waals surface area contributed by atoms with Crippen LogP contribution in [-0.4, -0.2) is 24.5 Å². The Balaban J connectivity index is 1.87. The molecular formula is C17H21BrN2OSi.